The van der Waals surface area contributed by atoms with Crippen LogP contribution < -0.4 is 16.0 Å². The lowest BCUT2D eigenvalue weighted by atomic mass is 9.82. The number of carbonyl (C=O) groups excluding carboxylic acids is 4. The molecule has 5 rings (SSSR count). The number of amides is 4. The van der Waals surface area contributed by atoms with E-state index in [4.69, 9.17) is 30.9 Å². The minimum absolute atomic E-state index is 0.0113. The predicted octanol–water partition coefficient (Wildman–Crippen LogP) is 4.77. The average Bonchev–Trinajstić information content (AvgIpc) is 3.01. The number of benzene rings is 3. The minimum atomic E-state index is -4.34. The fourth-order valence-corrected chi connectivity index (χ4v) is 6.13. The Morgan fingerprint density at radius 1 is 1.12 bits per heavy atom. The van der Waals surface area contributed by atoms with Gasteiger partial charge in [0, 0.05) is 24.2 Å². The van der Waals surface area contributed by atoms with Crippen LogP contribution in [0.1, 0.15) is 34.3 Å². The fraction of sp³-hybridized carbons (Fsp3) is 0.290. The zero-order valence-corrected chi connectivity index (χ0v) is 26.7. The largest absolute Gasteiger partial charge is 0.449 e. The summed E-state index contributed by atoms with van der Waals surface area (Å²) in [6, 6.07) is 12.5. The molecule has 254 valence electrons. The summed E-state index contributed by atoms with van der Waals surface area (Å²) in [5.41, 5.74) is -0.651. The Labute approximate surface area is 277 Å². The van der Waals surface area contributed by atoms with Crippen molar-refractivity contribution in [2.75, 3.05) is 36.5 Å². The van der Waals surface area contributed by atoms with Crippen LogP contribution in [0, 0.1) is 11.6 Å². The van der Waals surface area contributed by atoms with Crippen LogP contribution in [-0.4, -0.2) is 70.6 Å². The Bertz CT molecular complexity index is 1790. The summed E-state index contributed by atoms with van der Waals surface area (Å²) < 4.78 is 50.8. The number of hydrogen-bond donors (Lipinski definition) is 5. The molecule has 5 N–H and O–H groups in total. The number of anilines is 2. The van der Waals surface area contributed by atoms with Crippen molar-refractivity contribution in [3.05, 3.63) is 94.0 Å². The van der Waals surface area contributed by atoms with Gasteiger partial charge in [0.05, 0.1) is 29.0 Å². The van der Waals surface area contributed by atoms with Crippen molar-refractivity contribution in [1.82, 2.24) is 10.2 Å². The lowest BCUT2D eigenvalue weighted by Crippen LogP contribution is -2.57. The lowest BCUT2D eigenvalue weighted by Gasteiger charge is -2.45. The molecule has 0 radical (unpaired) electrons. The number of rotatable bonds is 9. The molecule has 2 aliphatic rings. The van der Waals surface area contributed by atoms with E-state index in [0.717, 1.165) is 0 Å². The molecule has 3 aromatic carbocycles. The maximum absolute atomic E-state index is 15.4. The van der Waals surface area contributed by atoms with Crippen LogP contribution in [0.3, 0.4) is 0 Å². The summed E-state index contributed by atoms with van der Waals surface area (Å²) in [5, 5.41) is 7.32. The number of hydrogen-bond acceptors (Lipinski definition) is 7. The van der Waals surface area contributed by atoms with Crippen molar-refractivity contribution in [2.45, 2.75) is 30.9 Å². The summed E-state index contributed by atoms with van der Waals surface area (Å²) in [6.07, 6.45) is -2.02. The lowest BCUT2D eigenvalue weighted by molar-refractivity contribution is -0.141. The molecule has 1 saturated heterocycles. The first-order valence-electron chi connectivity index (χ1n) is 14.6. The van der Waals surface area contributed by atoms with Crippen molar-refractivity contribution < 1.29 is 51.8 Å². The molecule has 2 unspecified atom stereocenters. The summed E-state index contributed by atoms with van der Waals surface area (Å²) in [4.78, 5) is 71.0. The first-order chi connectivity index (χ1) is 22.7. The third-order valence-corrected chi connectivity index (χ3v) is 8.84. The number of halogens is 3. The van der Waals surface area contributed by atoms with Crippen molar-refractivity contribution in [2.24, 2.45) is 0 Å². The van der Waals surface area contributed by atoms with Crippen LogP contribution in [0.25, 0.3) is 0 Å². The Morgan fingerprint density at radius 3 is 2.58 bits per heavy atom. The third kappa shape index (κ3) is 8.29. The summed E-state index contributed by atoms with van der Waals surface area (Å²) in [7, 11) is -4.34. The van der Waals surface area contributed by atoms with Crippen LogP contribution in [0.15, 0.2) is 60.7 Å². The summed E-state index contributed by atoms with van der Waals surface area (Å²) in [6.45, 7) is -0.545. The maximum Gasteiger partial charge on any atom is 0.412 e. The van der Waals surface area contributed by atoms with Crippen LogP contribution in [0.4, 0.5) is 29.7 Å². The van der Waals surface area contributed by atoms with Gasteiger partial charge in [0.1, 0.15) is 18.5 Å². The second-order valence-corrected chi connectivity index (χ2v) is 13.4. The molecule has 17 heteroatoms. The fourth-order valence-electron chi connectivity index (χ4n) is 5.64. The van der Waals surface area contributed by atoms with Crippen LogP contribution >= 0.6 is 19.2 Å². The van der Waals surface area contributed by atoms with E-state index in [-0.39, 0.29) is 53.5 Å². The Hall–Kier alpha value is -4.56. The number of fused-ring (bicyclic) bond motifs is 2. The maximum atomic E-state index is 15.4. The molecule has 4 amide bonds. The van der Waals surface area contributed by atoms with Gasteiger partial charge >= 0.3 is 19.8 Å². The Kier molecular flexibility index (Phi) is 10.3. The van der Waals surface area contributed by atoms with Gasteiger partial charge < -0.3 is 29.5 Å². The van der Waals surface area contributed by atoms with Gasteiger partial charge in [-0.15, -0.1) is 0 Å². The molecule has 13 nitrogen and oxygen atoms in total. The highest BCUT2D eigenvalue weighted by atomic mass is 35.5. The normalized spacial score (nSPS) is 17.9. The molecule has 3 aromatic rings. The molecule has 1 spiro atoms. The zero-order chi connectivity index (χ0) is 34.6. The highest BCUT2D eigenvalue weighted by Crippen LogP contribution is 2.45. The molecule has 48 heavy (non-hydrogen) atoms. The number of nitrogens with zero attached hydrogens (tertiary/aromatic N) is 1. The molecule has 0 saturated carbocycles. The topological polar surface area (TPSA) is 184 Å². The molecule has 0 bridgehead atoms. The smallest absolute Gasteiger partial charge is 0.412 e. The van der Waals surface area contributed by atoms with Crippen LogP contribution in [0.5, 0.6) is 0 Å². The molecule has 1 fully saturated rings. The van der Waals surface area contributed by atoms with Gasteiger partial charge in [0.2, 0.25) is 5.91 Å². The number of likely N-dealkylation sites (tertiary alicyclic amines) is 1. The average molecular weight is 707 g/mol. The molecule has 2 aliphatic heterocycles. The van der Waals surface area contributed by atoms with E-state index in [0.29, 0.717) is 12.0 Å². The zero-order valence-electron chi connectivity index (χ0n) is 25.1. The minimum Gasteiger partial charge on any atom is -0.449 e. The van der Waals surface area contributed by atoms with Gasteiger partial charge in [-0.1, -0.05) is 23.7 Å². The Balaban J connectivity index is 1.34. The molecule has 0 aliphatic carbocycles. The van der Waals surface area contributed by atoms with Crippen molar-refractivity contribution >= 4 is 54.6 Å². The number of nitrogens with one attached hydrogen (secondary N) is 3. The van der Waals surface area contributed by atoms with Gasteiger partial charge in [0.15, 0.2) is 11.4 Å². The first kappa shape index (κ1) is 34.8. The van der Waals surface area contributed by atoms with Crippen LogP contribution in [0.2, 0.25) is 5.02 Å². The van der Waals surface area contributed by atoms with E-state index in [1.165, 1.54) is 59.5 Å². The molecule has 2 atom stereocenters. The second kappa shape index (κ2) is 14.3. The monoisotopic (exact) mass is 706 g/mol. The second-order valence-electron chi connectivity index (χ2n) is 11.2. The SMILES string of the molecule is O=C(Nc1ccc(C(=O)NC(Cc2cccc(F)c2)C(=O)N2CCCC3(C2)OC(=O)Nc2ccc(Cl)c(F)c23)cc1)OCCP(=O)(O)O. The van der Waals surface area contributed by atoms with E-state index >= 15 is 4.39 Å². The standard InChI is InChI=1S/C31H30ClF2N4O9P/c32-22-9-10-23-25(26(22)34)31(47-30(42)37-23)11-2-12-38(17-31)28(40)24(16-18-3-1-4-20(33)15-18)36-27(39)19-5-7-21(8-6-19)35-29(41)46-13-14-48(43,44)45/h1,3-10,15,24H,2,11-14,16-17H2,(H,35,41)(H,36,39)(H,37,42)(H2,43,44,45). The molecule has 2 heterocycles. The van der Waals surface area contributed by atoms with E-state index < -0.39 is 67.6 Å². The number of ether oxygens (including phenoxy) is 2. The van der Waals surface area contributed by atoms with Crippen molar-refractivity contribution in [3.63, 3.8) is 0 Å². The quantitative estimate of drug-likeness (QED) is 0.196. The van der Waals surface area contributed by atoms with Gasteiger partial charge in [0.25, 0.3) is 5.91 Å². The van der Waals surface area contributed by atoms with Gasteiger partial charge in [-0.25, -0.2) is 18.4 Å². The molecule has 0 aromatic heterocycles. The van der Waals surface area contributed by atoms with E-state index in [1.807, 2.05) is 0 Å². The van der Waals surface area contributed by atoms with Crippen molar-refractivity contribution in [1.29, 1.82) is 0 Å². The highest BCUT2D eigenvalue weighted by Gasteiger charge is 2.49. The van der Waals surface area contributed by atoms with Gasteiger partial charge in [-0.2, -0.15) is 0 Å². The first-order valence-corrected chi connectivity index (χ1v) is 16.8. The van der Waals surface area contributed by atoms with E-state index in [2.05, 4.69) is 16.0 Å². The number of piperidine rings is 1. The van der Waals surface area contributed by atoms with E-state index in [9.17, 15) is 28.1 Å². The molecular weight excluding hydrogens is 677 g/mol. The van der Waals surface area contributed by atoms with Gasteiger partial charge in [-0.3, -0.25) is 24.8 Å². The third-order valence-electron chi connectivity index (χ3n) is 7.78. The number of carbonyl (C=O) groups is 4. The summed E-state index contributed by atoms with van der Waals surface area (Å²) >= 11 is 6.07. The summed E-state index contributed by atoms with van der Waals surface area (Å²) in [5.74, 6) is -2.60. The highest BCUT2D eigenvalue weighted by molar-refractivity contribution is 7.51. The van der Waals surface area contributed by atoms with E-state index in [1.54, 1.807) is 6.07 Å². The Morgan fingerprint density at radius 2 is 1.88 bits per heavy atom. The van der Waals surface area contributed by atoms with Crippen LogP contribution in [-0.2, 0) is 30.9 Å². The predicted molar refractivity (Wildman–Crippen MR) is 169 cm³/mol. The van der Waals surface area contributed by atoms with Crippen molar-refractivity contribution in [3.8, 4) is 0 Å². The van der Waals surface area contributed by atoms with Gasteiger partial charge in [-0.05, 0) is 66.9 Å². The molecular formula is C31H30ClF2N4O9P.